The van der Waals surface area contributed by atoms with E-state index >= 15 is 0 Å². The largest absolute Gasteiger partial charge is 0.314 e. The Labute approximate surface area is 103 Å². The second-order valence-electron chi connectivity index (χ2n) is 4.80. The second kappa shape index (κ2) is 6.12. The number of piperazine rings is 1. The van der Waals surface area contributed by atoms with Gasteiger partial charge in [0.25, 0.3) is 0 Å². The lowest BCUT2D eigenvalue weighted by molar-refractivity contribution is 0.177. The van der Waals surface area contributed by atoms with Crippen molar-refractivity contribution in [3.05, 3.63) is 35.6 Å². The molecular weight excluding hydrogens is 215 g/mol. The van der Waals surface area contributed by atoms with Gasteiger partial charge in [-0.05, 0) is 37.5 Å². The van der Waals surface area contributed by atoms with Crippen molar-refractivity contribution in [2.24, 2.45) is 0 Å². The first-order valence-electron chi connectivity index (χ1n) is 6.45. The molecule has 1 heterocycles. The molecule has 1 fully saturated rings. The first-order chi connectivity index (χ1) is 8.25. The molecule has 3 heteroatoms. The molecule has 94 valence electrons. The number of hydrogen-bond donors (Lipinski definition) is 1. The molecule has 1 aliphatic rings. The van der Waals surface area contributed by atoms with Crippen LogP contribution < -0.4 is 5.32 Å². The van der Waals surface area contributed by atoms with Crippen LogP contribution in [0.5, 0.6) is 0 Å². The molecule has 1 aromatic rings. The zero-order valence-electron chi connectivity index (χ0n) is 10.5. The lowest BCUT2D eigenvalue weighted by atomic mass is 10.0. The monoisotopic (exact) mass is 236 g/mol. The molecule has 0 aromatic heterocycles. The average Bonchev–Trinajstić information content (AvgIpc) is 2.39. The molecule has 1 atom stereocenters. The molecule has 2 nitrogen and oxygen atoms in total. The molecule has 1 saturated heterocycles. The first-order valence-corrected chi connectivity index (χ1v) is 6.45. The van der Waals surface area contributed by atoms with Crippen molar-refractivity contribution < 1.29 is 4.39 Å². The summed E-state index contributed by atoms with van der Waals surface area (Å²) in [5.41, 5.74) is 1.23. The number of nitrogens with zero attached hydrogens (tertiary/aromatic N) is 1. The highest BCUT2D eigenvalue weighted by Crippen LogP contribution is 2.11. The number of benzene rings is 1. The van der Waals surface area contributed by atoms with E-state index in [1.54, 1.807) is 12.1 Å². The molecule has 0 saturated carbocycles. The molecule has 0 spiro atoms. The van der Waals surface area contributed by atoms with Gasteiger partial charge in [0.2, 0.25) is 0 Å². The van der Waals surface area contributed by atoms with Gasteiger partial charge in [-0.25, -0.2) is 4.39 Å². The van der Waals surface area contributed by atoms with E-state index in [1.165, 1.54) is 5.56 Å². The minimum absolute atomic E-state index is 0.149. The highest BCUT2D eigenvalue weighted by atomic mass is 19.1. The molecule has 0 bridgehead atoms. The van der Waals surface area contributed by atoms with Gasteiger partial charge in [-0.1, -0.05) is 12.1 Å². The fourth-order valence-corrected chi connectivity index (χ4v) is 2.33. The highest BCUT2D eigenvalue weighted by Gasteiger charge is 2.15. The number of hydrogen-bond acceptors (Lipinski definition) is 2. The van der Waals surface area contributed by atoms with Gasteiger partial charge in [0.1, 0.15) is 5.82 Å². The molecule has 1 unspecified atom stereocenters. The number of aryl methyl sites for hydroxylation is 1. The van der Waals surface area contributed by atoms with Gasteiger partial charge < -0.3 is 5.32 Å². The maximum Gasteiger partial charge on any atom is 0.123 e. The van der Waals surface area contributed by atoms with Crippen molar-refractivity contribution in [1.29, 1.82) is 0 Å². The minimum Gasteiger partial charge on any atom is -0.314 e. The highest BCUT2D eigenvalue weighted by molar-refractivity contribution is 5.16. The van der Waals surface area contributed by atoms with Gasteiger partial charge in [0.05, 0.1) is 0 Å². The van der Waals surface area contributed by atoms with Gasteiger partial charge in [-0.15, -0.1) is 0 Å². The predicted molar refractivity (Wildman–Crippen MR) is 68.6 cm³/mol. The van der Waals surface area contributed by atoms with Gasteiger partial charge in [0, 0.05) is 32.2 Å². The molecule has 0 amide bonds. The third kappa shape index (κ3) is 3.79. The van der Waals surface area contributed by atoms with Crippen LogP contribution in [0.3, 0.4) is 0 Å². The van der Waals surface area contributed by atoms with Crippen molar-refractivity contribution in [3.8, 4) is 0 Å². The fraction of sp³-hybridized carbons (Fsp3) is 0.571. The van der Waals surface area contributed by atoms with Gasteiger partial charge in [-0.2, -0.15) is 0 Å². The van der Waals surface area contributed by atoms with Gasteiger partial charge in [0.15, 0.2) is 0 Å². The summed E-state index contributed by atoms with van der Waals surface area (Å²) in [6, 6.07) is 7.48. The molecule has 1 aromatic carbocycles. The van der Waals surface area contributed by atoms with Crippen LogP contribution in [0.4, 0.5) is 4.39 Å². The third-order valence-corrected chi connectivity index (χ3v) is 3.54. The molecule has 2 rings (SSSR count). The van der Waals surface area contributed by atoms with E-state index in [0.717, 1.165) is 39.0 Å². The summed E-state index contributed by atoms with van der Waals surface area (Å²) in [5, 5.41) is 3.37. The summed E-state index contributed by atoms with van der Waals surface area (Å²) in [7, 11) is 0. The number of halogens is 1. The standard InChI is InChI=1S/C14H21FN2/c1-12(17-10-8-16-9-11-17)2-3-13-4-6-14(15)7-5-13/h4-7,12,16H,2-3,8-11H2,1H3. The number of nitrogens with one attached hydrogen (secondary N) is 1. The van der Waals surface area contributed by atoms with Crippen LogP contribution in [0.25, 0.3) is 0 Å². The van der Waals surface area contributed by atoms with Crippen LogP contribution in [0.1, 0.15) is 18.9 Å². The molecule has 0 radical (unpaired) electrons. The quantitative estimate of drug-likeness (QED) is 0.860. The summed E-state index contributed by atoms with van der Waals surface area (Å²) in [4.78, 5) is 2.53. The van der Waals surface area contributed by atoms with Crippen LogP contribution in [-0.4, -0.2) is 37.1 Å². The smallest absolute Gasteiger partial charge is 0.123 e. The normalized spacial score (nSPS) is 19.2. The lowest BCUT2D eigenvalue weighted by Gasteiger charge is -2.32. The summed E-state index contributed by atoms with van der Waals surface area (Å²) in [6.45, 7) is 6.77. The first kappa shape index (κ1) is 12.5. The topological polar surface area (TPSA) is 15.3 Å². The maximum atomic E-state index is 12.8. The third-order valence-electron chi connectivity index (χ3n) is 3.54. The summed E-state index contributed by atoms with van der Waals surface area (Å²) < 4.78 is 12.8. The Morgan fingerprint density at radius 2 is 1.88 bits per heavy atom. The lowest BCUT2D eigenvalue weighted by Crippen LogP contribution is -2.47. The molecule has 0 aliphatic carbocycles. The van der Waals surface area contributed by atoms with Crippen LogP contribution in [0.15, 0.2) is 24.3 Å². The van der Waals surface area contributed by atoms with Crippen molar-refractivity contribution in [2.75, 3.05) is 26.2 Å². The Balaban J connectivity index is 1.78. The molecular formula is C14H21FN2. The van der Waals surface area contributed by atoms with E-state index in [1.807, 2.05) is 12.1 Å². The van der Waals surface area contributed by atoms with Crippen molar-refractivity contribution >= 4 is 0 Å². The van der Waals surface area contributed by atoms with Crippen LogP contribution >= 0.6 is 0 Å². The van der Waals surface area contributed by atoms with E-state index in [4.69, 9.17) is 0 Å². The average molecular weight is 236 g/mol. The van der Waals surface area contributed by atoms with E-state index in [0.29, 0.717) is 6.04 Å². The summed E-state index contributed by atoms with van der Waals surface area (Å²) in [5.74, 6) is -0.149. The molecule has 1 aliphatic heterocycles. The van der Waals surface area contributed by atoms with Crippen molar-refractivity contribution in [1.82, 2.24) is 10.2 Å². The fourth-order valence-electron chi connectivity index (χ4n) is 2.33. The SMILES string of the molecule is CC(CCc1ccc(F)cc1)N1CCNCC1. The van der Waals surface area contributed by atoms with Crippen LogP contribution in [-0.2, 0) is 6.42 Å². The van der Waals surface area contributed by atoms with Gasteiger partial charge in [-0.3, -0.25) is 4.90 Å². The molecule has 1 N–H and O–H groups in total. The van der Waals surface area contributed by atoms with Crippen molar-refractivity contribution in [2.45, 2.75) is 25.8 Å². The zero-order chi connectivity index (χ0) is 12.1. The van der Waals surface area contributed by atoms with E-state index < -0.39 is 0 Å². The Kier molecular flexibility index (Phi) is 4.51. The summed E-state index contributed by atoms with van der Waals surface area (Å²) >= 11 is 0. The van der Waals surface area contributed by atoms with E-state index in [9.17, 15) is 4.39 Å². The minimum atomic E-state index is -0.149. The predicted octanol–water partition coefficient (Wildman–Crippen LogP) is 2.05. The van der Waals surface area contributed by atoms with Crippen molar-refractivity contribution in [3.63, 3.8) is 0 Å². The Morgan fingerprint density at radius 1 is 1.24 bits per heavy atom. The Hall–Kier alpha value is -0.930. The maximum absolute atomic E-state index is 12.8. The second-order valence-corrected chi connectivity index (χ2v) is 4.80. The van der Waals surface area contributed by atoms with E-state index in [2.05, 4.69) is 17.1 Å². The number of rotatable bonds is 4. The summed E-state index contributed by atoms with van der Waals surface area (Å²) in [6.07, 6.45) is 2.18. The van der Waals surface area contributed by atoms with Crippen LogP contribution in [0, 0.1) is 5.82 Å². The van der Waals surface area contributed by atoms with Crippen LogP contribution in [0.2, 0.25) is 0 Å². The molecule has 17 heavy (non-hydrogen) atoms. The Bertz CT molecular complexity index is 331. The van der Waals surface area contributed by atoms with Gasteiger partial charge >= 0.3 is 0 Å². The zero-order valence-corrected chi connectivity index (χ0v) is 10.5. The van der Waals surface area contributed by atoms with E-state index in [-0.39, 0.29) is 5.82 Å². The Morgan fingerprint density at radius 3 is 2.53 bits per heavy atom.